The summed E-state index contributed by atoms with van der Waals surface area (Å²) in [6, 6.07) is 4.14. The van der Waals surface area contributed by atoms with Gasteiger partial charge >= 0.3 is 0 Å². The second-order valence-corrected chi connectivity index (χ2v) is 2.84. The van der Waals surface area contributed by atoms with Crippen LogP contribution in [-0.4, -0.2) is 23.2 Å². The van der Waals surface area contributed by atoms with Gasteiger partial charge in [-0.25, -0.2) is 4.39 Å². The Labute approximate surface area is 79.1 Å². The number of rotatable bonds is 1. The van der Waals surface area contributed by atoms with Crippen molar-refractivity contribution in [1.29, 1.82) is 0 Å². The normalized spacial score (nSPS) is 10.4. The van der Waals surface area contributed by atoms with Crippen molar-refractivity contribution in [3.63, 3.8) is 0 Å². The first-order valence-corrected chi connectivity index (χ1v) is 4.08. The lowest BCUT2D eigenvalue weighted by molar-refractivity contribution is 0.0959. The minimum atomic E-state index is -0.385. The van der Waals surface area contributed by atoms with Crippen LogP contribution < -0.4 is 5.32 Å². The third kappa shape index (κ3) is 1.22. The fourth-order valence-electron chi connectivity index (χ4n) is 1.28. The number of benzene rings is 1. The van der Waals surface area contributed by atoms with Crippen molar-refractivity contribution >= 4 is 16.8 Å². The quantitative estimate of drug-likeness (QED) is 0.711. The molecule has 0 bridgehead atoms. The highest BCUT2D eigenvalue weighted by Crippen LogP contribution is 2.16. The highest BCUT2D eigenvalue weighted by atomic mass is 19.1. The predicted molar refractivity (Wildman–Crippen MR) is 49.4 cm³/mol. The van der Waals surface area contributed by atoms with Crippen LogP contribution in [0.3, 0.4) is 0 Å². The Kier molecular flexibility index (Phi) is 1.92. The predicted octanol–water partition coefficient (Wildman–Crippen LogP) is 1.06. The molecule has 1 aromatic carbocycles. The van der Waals surface area contributed by atoms with E-state index in [0.29, 0.717) is 10.9 Å². The summed E-state index contributed by atoms with van der Waals surface area (Å²) in [5.74, 6) is -0.717. The summed E-state index contributed by atoms with van der Waals surface area (Å²) in [6.45, 7) is 0. The molecule has 5 heteroatoms. The number of fused-ring (bicyclic) bond motifs is 1. The molecule has 0 atom stereocenters. The van der Waals surface area contributed by atoms with Crippen LogP contribution in [0.1, 0.15) is 10.5 Å². The van der Waals surface area contributed by atoms with Gasteiger partial charge in [-0.3, -0.25) is 9.89 Å². The van der Waals surface area contributed by atoms with E-state index in [9.17, 15) is 9.18 Å². The Morgan fingerprint density at radius 1 is 1.57 bits per heavy atom. The summed E-state index contributed by atoms with van der Waals surface area (Å²) < 4.78 is 12.9. The van der Waals surface area contributed by atoms with Crippen LogP contribution in [-0.2, 0) is 0 Å². The largest absolute Gasteiger partial charge is 0.354 e. The first-order valence-electron chi connectivity index (χ1n) is 4.08. The lowest BCUT2D eigenvalue weighted by Gasteiger charge is -1.94. The molecule has 4 nitrogen and oxygen atoms in total. The van der Waals surface area contributed by atoms with Crippen molar-refractivity contribution in [2.45, 2.75) is 0 Å². The average Bonchev–Trinajstić information content (AvgIpc) is 2.59. The first-order chi connectivity index (χ1) is 6.72. The summed E-state index contributed by atoms with van der Waals surface area (Å²) >= 11 is 0. The average molecular weight is 193 g/mol. The molecule has 0 unspecified atom stereocenters. The van der Waals surface area contributed by atoms with Crippen LogP contribution in [0.4, 0.5) is 4.39 Å². The smallest absolute Gasteiger partial charge is 0.272 e. The molecule has 0 aliphatic rings. The standard InChI is InChI=1S/C9H8FN3O/c1-11-9(14)8-6-4-5(10)2-3-7(6)12-13-8/h2-4H,1H3,(H,11,14)(H,12,13). The van der Waals surface area contributed by atoms with Gasteiger partial charge in [0.15, 0.2) is 5.69 Å². The van der Waals surface area contributed by atoms with Crippen LogP contribution in [0, 0.1) is 5.82 Å². The van der Waals surface area contributed by atoms with Crippen molar-refractivity contribution < 1.29 is 9.18 Å². The lowest BCUT2D eigenvalue weighted by atomic mass is 10.2. The zero-order valence-electron chi connectivity index (χ0n) is 7.47. The van der Waals surface area contributed by atoms with E-state index < -0.39 is 0 Å². The molecule has 1 amide bonds. The van der Waals surface area contributed by atoms with Crippen molar-refractivity contribution in [1.82, 2.24) is 15.5 Å². The van der Waals surface area contributed by atoms with Crippen molar-refractivity contribution in [3.05, 3.63) is 29.7 Å². The van der Waals surface area contributed by atoms with E-state index in [1.54, 1.807) is 6.07 Å². The number of H-pyrrole nitrogens is 1. The number of aromatic nitrogens is 2. The molecule has 72 valence electrons. The van der Waals surface area contributed by atoms with E-state index in [-0.39, 0.29) is 17.4 Å². The Bertz CT molecular complexity index is 492. The zero-order valence-corrected chi connectivity index (χ0v) is 7.47. The van der Waals surface area contributed by atoms with Gasteiger partial charge in [-0.15, -0.1) is 0 Å². The van der Waals surface area contributed by atoms with Crippen LogP contribution in [0.15, 0.2) is 18.2 Å². The van der Waals surface area contributed by atoms with Crippen LogP contribution in [0.5, 0.6) is 0 Å². The number of hydrogen-bond donors (Lipinski definition) is 2. The summed E-state index contributed by atoms with van der Waals surface area (Å²) in [4.78, 5) is 11.3. The third-order valence-electron chi connectivity index (χ3n) is 1.97. The Hall–Kier alpha value is -1.91. The monoisotopic (exact) mass is 193 g/mol. The molecule has 1 aromatic heterocycles. The Balaban J connectivity index is 2.67. The van der Waals surface area contributed by atoms with E-state index in [4.69, 9.17) is 0 Å². The lowest BCUT2D eigenvalue weighted by Crippen LogP contribution is -2.18. The molecule has 0 radical (unpaired) electrons. The Morgan fingerprint density at radius 2 is 2.36 bits per heavy atom. The fraction of sp³-hybridized carbons (Fsp3) is 0.111. The number of halogens is 1. The maximum atomic E-state index is 12.9. The van der Waals surface area contributed by atoms with Crippen LogP contribution >= 0.6 is 0 Å². The van der Waals surface area contributed by atoms with E-state index in [2.05, 4.69) is 15.5 Å². The van der Waals surface area contributed by atoms with Gasteiger partial charge in [-0.05, 0) is 18.2 Å². The minimum Gasteiger partial charge on any atom is -0.354 e. The third-order valence-corrected chi connectivity index (χ3v) is 1.97. The number of aromatic amines is 1. The van der Waals surface area contributed by atoms with Crippen molar-refractivity contribution in [3.8, 4) is 0 Å². The van der Waals surface area contributed by atoms with E-state index in [0.717, 1.165) is 0 Å². The first kappa shape index (κ1) is 8.68. The van der Waals surface area contributed by atoms with Gasteiger partial charge in [0.1, 0.15) is 5.82 Å². The van der Waals surface area contributed by atoms with Gasteiger partial charge in [-0.2, -0.15) is 5.10 Å². The number of nitrogens with zero attached hydrogens (tertiary/aromatic N) is 1. The summed E-state index contributed by atoms with van der Waals surface area (Å²) in [7, 11) is 1.50. The number of amides is 1. The van der Waals surface area contributed by atoms with E-state index >= 15 is 0 Å². The van der Waals surface area contributed by atoms with Gasteiger partial charge in [-0.1, -0.05) is 0 Å². The maximum absolute atomic E-state index is 12.9. The molecule has 0 aliphatic heterocycles. The molecule has 0 aliphatic carbocycles. The van der Waals surface area contributed by atoms with Gasteiger partial charge in [0.2, 0.25) is 0 Å². The van der Waals surface area contributed by atoms with Gasteiger partial charge in [0.05, 0.1) is 5.52 Å². The van der Waals surface area contributed by atoms with E-state index in [1.807, 2.05) is 0 Å². The number of carbonyl (C=O) groups excluding carboxylic acids is 1. The molecule has 2 rings (SSSR count). The molecule has 1 heterocycles. The van der Waals surface area contributed by atoms with Crippen molar-refractivity contribution in [2.75, 3.05) is 7.05 Å². The summed E-state index contributed by atoms with van der Waals surface area (Å²) in [5.41, 5.74) is 0.854. The zero-order chi connectivity index (χ0) is 10.1. The van der Waals surface area contributed by atoms with Gasteiger partial charge < -0.3 is 5.32 Å². The molecule has 0 saturated carbocycles. The second-order valence-electron chi connectivity index (χ2n) is 2.84. The number of nitrogens with one attached hydrogen (secondary N) is 2. The molecule has 14 heavy (non-hydrogen) atoms. The number of carbonyl (C=O) groups is 1. The summed E-state index contributed by atoms with van der Waals surface area (Å²) in [5, 5.41) is 9.38. The molecular weight excluding hydrogens is 185 g/mol. The fourth-order valence-corrected chi connectivity index (χ4v) is 1.28. The molecule has 0 fully saturated rings. The summed E-state index contributed by atoms with van der Waals surface area (Å²) in [6.07, 6.45) is 0. The maximum Gasteiger partial charge on any atom is 0.272 e. The van der Waals surface area contributed by atoms with Gasteiger partial charge in [0.25, 0.3) is 5.91 Å². The SMILES string of the molecule is CNC(=O)c1n[nH]c2ccc(F)cc12. The van der Waals surface area contributed by atoms with Crippen LogP contribution in [0.25, 0.3) is 10.9 Å². The van der Waals surface area contributed by atoms with E-state index in [1.165, 1.54) is 19.2 Å². The van der Waals surface area contributed by atoms with Crippen LogP contribution in [0.2, 0.25) is 0 Å². The minimum absolute atomic E-state index is 0.210. The highest BCUT2D eigenvalue weighted by molar-refractivity contribution is 6.04. The second kappa shape index (κ2) is 3.10. The molecular formula is C9H8FN3O. The van der Waals surface area contributed by atoms with Gasteiger partial charge in [0, 0.05) is 12.4 Å². The molecule has 2 aromatic rings. The highest BCUT2D eigenvalue weighted by Gasteiger charge is 2.12. The number of hydrogen-bond acceptors (Lipinski definition) is 2. The molecule has 0 saturated heterocycles. The molecule has 2 N–H and O–H groups in total. The molecule has 0 spiro atoms. The van der Waals surface area contributed by atoms with Crippen molar-refractivity contribution in [2.24, 2.45) is 0 Å². The Morgan fingerprint density at radius 3 is 3.07 bits per heavy atom. The topological polar surface area (TPSA) is 57.8 Å².